The van der Waals surface area contributed by atoms with Crippen LogP contribution in [0.5, 0.6) is 0 Å². The number of rotatable bonds is 7. The van der Waals surface area contributed by atoms with Crippen molar-refractivity contribution in [3.05, 3.63) is 0 Å². The van der Waals surface area contributed by atoms with Crippen molar-refractivity contribution in [2.75, 3.05) is 19.8 Å². The summed E-state index contributed by atoms with van der Waals surface area (Å²) < 4.78 is 16.4. The summed E-state index contributed by atoms with van der Waals surface area (Å²) in [6.07, 6.45) is 5.23. The molecule has 3 aliphatic heterocycles. The minimum atomic E-state index is 0.348. The Bertz CT molecular complexity index is 271. The van der Waals surface area contributed by atoms with Crippen molar-refractivity contribution in [3.8, 4) is 0 Å². The lowest BCUT2D eigenvalue weighted by Gasteiger charge is -2.37. The molecule has 0 radical (unpaired) electrons. The van der Waals surface area contributed by atoms with Crippen LogP contribution in [0.3, 0.4) is 0 Å². The third-order valence-corrected chi connectivity index (χ3v) is 4.54. The Morgan fingerprint density at radius 2 is 1.22 bits per heavy atom. The van der Waals surface area contributed by atoms with E-state index in [1.165, 1.54) is 19.3 Å². The molecule has 3 rings (SSSR count). The zero-order valence-electron chi connectivity index (χ0n) is 11.9. The van der Waals surface area contributed by atoms with E-state index in [0.29, 0.717) is 23.7 Å². The summed E-state index contributed by atoms with van der Waals surface area (Å²) in [7, 11) is 0. The molecule has 0 aromatic heterocycles. The highest BCUT2D eigenvalue weighted by molar-refractivity contribution is 4.91. The van der Waals surface area contributed by atoms with Gasteiger partial charge in [0.15, 0.2) is 0 Å². The molecule has 104 valence electrons. The average molecular weight is 254 g/mol. The van der Waals surface area contributed by atoms with Crippen LogP contribution in [0.15, 0.2) is 0 Å². The Labute approximate surface area is 110 Å². The van der Waals surface area contributed by atoms with Gasteiger partial charge in [-0.3, -0.25) is 0 Å². The molecule has 3 saturated heterocycles. The minimum absolute atomic E-state index is 0.348. The van der Waals surface area contributed by atoms with Crippen molar-refractivity contribution >= 4 is 0 Å². The van der Waals surface area contributed by atoms with E-state index in [1.54, 1.807) is 0 Å². The highest BCUT2D eigenvalue weighted by Crippen LogP contribution is 2.44. The zero-order valence-corrected chi connectivity index (χ0v) is 11.9. The minimum Gasteiger partial charge on any atom is -0.373 e. The second kappa shape index (κ2) is 4.77. The molecule has 3 heteroatoms. The Morgan fingerprint density at radius 1 is 0.833 bits per heavy atom. The maximum absolute atomic E-state index is 5.46. The second-order valence-electron chi connectivity index (χ2n) is 7.31. The quantitative estimate of drug-likeness (QED) is 0.655. The van der Waals surface area contributed by atoms with Gasteiger partial charge in [-0.25, -0.2) is 0 Å². The number of epoxide rings is 3. The van der Waals surface area contributed by atoms with Gasteiger partial charge < -0.3 is 14.2 Å². The fourth-order valence-electron chi connectivity index (χ4n) is 3.25. The van der Waals surface area contributed by atoms with Crippen molar-refractivity contribution in [2.45, 2.75) is 58.3 Å². The van der Waals surface area contributed by atoms with Gasteiger partial charge in [-0.15, -0.1) is 0 Å². The average Bonchev–Trinajstić information content (AvgIpc) is 3.08. The largest absolute Gasteiger partial charge is 0.373 e. The third kappa shape index (κ3) is 3.69. The van der Waals surface area contributed by atoms with Crippen molar-refractivity contribution in [1.29, 1.82) is 0 Å². The lowest BCUT2D eigenvalue weighted by atomic mass is 9.68. The lowest BCUT2D eigenvalue weighted by molar-refractivity contribution is 0.107. The molecule has 4 unspecified atom stereocenters. The molecule has 3 nitrogen and oxygen atoms in total. The van der Waals surface area contributed by atoms with Gasteiger partial charge >= 0.3 is 0 Å². The lowest BCUT2D eigenvalue weighted by Crippen LogP contribution is -2.31. The van der Waals surface area contributed by atoms with Crippen molar-refractivity contribution < 1.29 is 14.2 Å². The molecule has 0 saturated carbocycles. The Balaban J connectivity index is 1.64. The molecule has 0 spiro atoms. The Morgan fingerprint density at radius 3 is 1.56 bits per heavy atom. The number of ether oxygens (including phenoxy) is 3. The first-order valence-electron chi connectivity index (χ1n) is 7.37. The maximum atomic E-state index is 5.46. The molecular formula is C15H26O3. The first-order valence-corrected chi connectivity index (χ1v) is 7.37. The second-order valence-corrected chi connectivity index (χ2v) is 7.31. The summed E-state index contributed by atoms with van der Waals surface area (Å²) >= 11 is 0. The molecule has 0 N–H and O–H groups in total. The van der Waals surface area contributed by atoms with Crippen LogP contribution in [0, 0.1) is 17.3 Å². The van der Waals surface area contributed by atoms with E-state index in [9.17, 15) is 0 Å². The molecule has 3 heterocycles. The monoisotopic (exact) mass is 254 g/mol. The van der Waals surface area contributed by atoms with Crippen LogP contribution >= 0.6 is 0 Å². The summed E-state index contributed by atoms with van der Waals surface area (Å²) in [6, 6.07) is 0. The van der Waals surface area contributed by atoms with E-state index in [4.69, 9.17) is 14.2 Å². The molecule has 0 bridgehead atoms. The van der Waals surface area contributed by atoms with E-state index in [2.05, 4.69) is 20.8 Å². The molecule has 0 aliphatic carbocycles. The van der Waals surface area contributed by atoms with E-state index < -0.39 is 0 Å². The zero-order chi connectivity index (χ0) is 12.8. The van der Waals surface area contributed by atoms with Gasteiger partial charge in [0.25, 0.3) is 0 Å². The fourth-order valence-corrected chi connectivity index (χ4v) is 3.25. The molecule has 3 aliphatic rings. The summed E-state index contributed by atoms with van der Waals surface area (Å²) in [6.45, 7) is 10.0. The van der Waals surface area contributed by atoms with Gasteiger partial charge in [0, 0.05) is 0 Å². The highest BCUT2D eigenvalue weighted by atomic mass is 16.6. The molecule has 0 aromatic rings. The predicted molar refractivity (Wildman–Crippen MR) is 69.5 cm³/mol. The third-order valence-electron chi connectivity index (χ3n) is 4.54. The van der Waals surface area contributed by atoms with Gasteiger partial charge in [0.1, 0.15) is 0 Å². The van der Waals surface area contributed by atoms with E-state index >= 15 is 0 Å². The topological polar surface area (TPSA) is 37.6 Å². The first-order chi connectivity index (χ1) is 8.52. The van der Waals surface area contributed by atoms with E-state index in [1.807, 2.05) is 0 Å². The van der Waals surface area contributed by atoms with Crippen LogP contribution in [0.1, 0.15) is 40.0 Å². The summed E-state index contributed by atoms with van der Waals surface area (Å²) in [4.78, 5) is 0. The van der Waals surface area contributed by atoms with Crippen LogP contribution in [-0.2, 0) is 14.2 Å². The maximum Gasteiger partial charge on any atom is 0.0812 e. The normalized spacial score (nSPS) is 37.2. The Hall–Kier alpha value is -0.120. The van der Waals surface area contributed by atoms with Gasteiger partial charge in [0.2, 0.25) is 0 Å². The highest BCUT2D eigenvalue weighted by Gasteiger charge is 2.42. The van der Waals surface area contributed by atoms with E-state index in [0.717, 1.165) is 31.7 Å². The molecule has 4 atom stereocenters. The van der Waals surface area contributed by atoms with Crippen molar-refractivity contribution in [1.82, 2.24) is 0 Å². The van der Waals surface area contributed by atoms with Crippen LogP contribution in [0.2, 0.25) is 0 Å². The summed E-state index contributed by atoms with van der Waals surface area (Å²) in [5, 5.41) is 0. The van der Waals surface area contributed by atoms with Crippen molar-refractivity contribution in [2.24, 2.45) is 17.3 Å². The number of hydrogen-bond donors (Lipinski definition) is 0. The molecule has 3 fully saturated rings. The van der Waals surface area contributed by atoms with Gasteiger partial charge in [-0.05, 0) is 36.5 Å². The predicted octanol–water partition coefficient (Wildman–Crippen LogP) is 2.63. The van der Waals surface area contributed by atoms with Crippen molar-refractivity contribution in [3.63, 3.8) is 0 Å². The fraction of sp³-hybridized carbons (Fsp3) is 1.00. The van der Waals surface area contributed by atoms with Crippen LogP contribution in [0.25, 0.3) is 0 Å². The van der Waals surface area contributed by atoms with Crippen LogP contribution < -0.4 is 0 Å². The molecular weight excluding hydrogens is 228 g/mol. The van der Waals surface area contributed by atoms with E-state index in [-0.39, 0.29) is 0 Å². The van der Waals surface area contributed by atoms with Crippen LogP contribution in [-0.4, -0.2) is 38.1 Å². The summed E-state index contributed by atoms with van der Waals surface area (Å²) in [5.74, 6) is 1.45. The SMILES string of the molecule is CC(C)(C)C(CC1CO1)C(CC1CO1)CC1CO1. The molecule has 18 heavy (non-hydrogen) atoms. The smallest absolute Gasteiger partial charge is 0.0812 e. The standard InChI is InChI=1S/C15H26O3/c1-15(2,3)14(6-13-9-18-13)10(4-11-7-16-11)5-12-8-17-12/h10-14H,4-9H2,1-3H3. The van der Waals surface area contributed by atoms with Gasteiger partial charge in [-0.2, -0.15) is 0 Å². The summed E-state index contributed by atoms with van der Waals surface area (Å²) in [5.41, 5.74) is 0.348. The van der Waals surface area contributed by atoms with Gasteiger partial charge in [-0.1, -0.05) is 20.8 Å². The molecule has 0 aromatic carbocycles. The van der Waals surface area contributed by atoms with Crippen LogP contribution in [0.4, 0.5) is 0 Å². The Kier molecular flexibility index (Phi) is 3.41. The van der Waals surface area contributed by atoms with Gasteiger partial charge in [0.05, 0.1) is 38.1 Å². The number of hydrogen-bond acceptors (Lipinski definition) is 3. The molecule has 0 amide bonds. The first kappa shape index (κ1) is 12.9.